The lowest BCUT2D eigenvalue weighted by molar-refractivity contribution is -0.147. The normalized spacial score (nSPS) is 11.8. The van der Waals surface area contributed by atoms with Gasteiger partial charge in [-0.15, -0.1) is 0 Å². The molecule has 2 aromatic heterocycles. The predicted octanol–water partition coefficient (Wildman–Crippen LogP) is 5.54. The highest BCUT2D eigenvalue weighted by atomic mass is 16.5. The number of amides is 1. The topological polar surface area (TPSA) is 124 Å². The van der Waals surface area contributed by atoms with E-state index in [1.807, 2.05) is 80.9 Å². The van der Waals surface area contributed by atoms with Gasteiger partial charge >= 0.3 is 11.9 Å². The van der Waals surface area contributed by atoms with E-state index in [2.05, 4.69) is 39.6 Å². The third-order valence-electron chi connectivity index (χ3n) is 7.36. The van der Waals surface area contributed by atoms with E-state index < -0.39 is 17.4 Å². The average molecular weight is 638 g/mol. The molecule has 1 atom stereocenters. The zero-order chi connectivity index (χ0) is 34.0. The first-order chi connectivity index (χ1) is 22.5. The number of aryl methyl sites for hydroxylation is 1. The van der Waals surface area contributed by atoms with Gasteiger partial charge in [0.05, 0.1) is 29.9 Å². The van der Waals surface area contributed by atoms with Crippen molar-refractivity contribution in [2.24, 2.45) is 5.41 Å². The molecule has 47 heavy (non-hydrogen) atoms. The van der Waals surface area contributed by atoms with Crippen molar-refractivity contribution in [3.63, 3.8) is 0 Å². The number of aromatic nitrogens is 3. The summed E-state index contributed by atoms with van der Waals surface area (Å²) in [6.45, 7) is 12.5. The summed E-state index contributed by atoms with van der Waals surface area (Å²) in [6.07, 6.45) is 2.39. The van der Waals surface area contributed by atoms with Crippen LogP contribution in [-0.2, 0) is 36.9 Å². The molecular formula is C37H43N5O5. The van der Waals surface area contributed by atoms with Crippen LogP contribution in [0, 0.1) is 24.2 Å². The van der Waals surface area contributed by atoms with Gasteiger partial charge in [0.2, 0.25) is 11.9 Å². The SMILES string of the molecule is CCOC(=O)CC[C@H](NCc1ccc(C#Cc2cn(Cc3ccccc3)c3nc(NC(=O)C(C)(C)C)nc(C)c23)cc1)C(=O)OCC. The van der Waals surface area contributed by atoms with Gasteiger partial charge in [-0.05, 0) is 50.5 Å². The van der Waals surface area contributed by atoms with Crippen molar-refractivity contribution >= 4 is 34.8 Å². The van der Waals surface area contributed by atoms with Crippen LogP contribution in [0.4, 0.5) is 5.95 Å². The number of ether oxygens (including phenoxy) is 2. The highest BCUT2D eigenvalue weighted by Crippen LogP contribution is 2.25. The van der Waals surface area contributed by atoms with Crippen molar-refractivity contribution in [3.05, 3.63) is 88.7 Å². The Hall–Kier alpha value is -5.01. The number of esters is 2. The summed E-state index contributed by atoms with van der Waals surface area (Å²) in [7, 11) is 0. The van der Waals surface area contributed by atoms with E-state index in [1.165, 1.54) is 0 Å². The maximum absolute atomic E-state index is 12.7. The van der Waals surface area contributed by atoms with E-state index in [0.29, 0.717) is 25.3 Å². The molecule has 0 aliphatic carbocycles. The molecule has 0 saturated carbocycles. The number of nitrogens with one attached hydrogen (secondary N) is 2. The fourth-order valence-electron chi connectivity index (χ4n) is 4.83. The molecule has 0 unspecified atom stereocenters. The van der Waals surface area contributed by atoms with Crippen molar-refractivity contribution in [3.8, 4) is 11.8 Å². The predicted molar refractivity (Wildman–Crippen MR) is 181 cm³/mol. The Morgan fingerprint density at radius 2 is 1.62 bits per heavy atom. The minimum absolute atomic E-state index is 0.123. The molecule has 246 valence electrons. The average Bonchev–Trinajstić information content (AvgIpc) is 3.38. The third kappa shape index (κ3) is 9.74. The molecule has 0 fully saturated rings. The van der Waals surface area contributed by atoms with Crippen molar-refractivity contribution in [2.75, 3.05) is 18.5 Å². The van der Waals surface area contributed by atoms with E-state index in [-0.39, 0.29) is 37.3 Å². The number of rotatable bonds is 12. The highest BCUT2D eigenvalue weighted by molar-refractivity contribution is 5.94. The minimum Gasteiger partial charge on any atom is -0.466 e. The van der Waals surface area contributed by atoms with Crippen LogP contribution in [0.5, 0.6) is 0 Å². The third-order valence-corrected chi connectivity index (χ3v) is 7.36. The van der Waals surface area contributed by atoms with Gasteiger partial charge in [0, 0.05) is 36.7 Å². The Labute approximate surface area is 276 Å². The van der Waals surface area contributed by atoms with Gasteiger partial charge < -0.3 is 19.4 Å². The van der Waals surface area contributed by atoms with Crippen LogP contribution in [0.2, 0.25) is 0 Å². The second-order valence-electron chi connectivity index (χ2n) is 12.2. The number of anilines is 1. The second-order valence-corrected chi connectivity index (χ2v) is 12.2. The Kier molecular flexibility index (Phi) is 11.9. The number of hydrogen-bond donors (Lipinski definition) is 2. The Balaban J connectivity index is 1.55. The van der Waals surface area contributed by atoms with E-state index in [4.69, 9.17) is 14.5 Å². The van der Waals surface area contributed by atoms with Crippen molar-refractivity contribution < 1.29 is 23.9 Å². The first kappa shape index (κ1) is 34.9. The largest absolute Gasteiger partial charge is 0.466 e. The van der Waals surface area contributed by atoms with Gasteiger partial charge in [0.25, 0.3) is 0 Å². The zero-order valence-corrected chi connectivity index (χ0v) is 28.0. The summed E-state index contributed by atoms with van der Waals surface area (Å²) >= 11 is 0. The second kappa shape index (κ2) is 16.0. The molecule has 1 amide bonds. The van der Waals surface area contributed by atoms with Gasteiger partial charge in [-0.1, -0.05) is 75.1 Å². The Bertz CT molecular complexity index is 1760. The number of carbonyl (C=O) groups is 3. The fourth-order valence-corrected chi connectivity index (χ4v) is 4.83. The van der Waals surface area contributed by atoms with E-state index in [0.717, 1.165) is 33.3 Å². The Morgan fingerprint density at radius 3 is 2.28 bits per heavy atom. The summed E-state index contributed by atoms with van der Waals surface area (Å²) in [5, 5.41) is 6.90. The summed E-state index contributed by atoms with van der Waals surface area (Å²) in [5.74, 6) is 5.93. The molecule has 10 heteroatoms. The van der Waals surface area contributed by atoms with Crippen molar-refractivity contribution in [1.29, 1.82) is 0 Å². The standard InChI is InChI=1S/C37H43N5O5/c1-7-46-31(43)21-20-30(34(44)47-8-2)38-22-27-16-14-26(15-17-27)18-19-29-24-42(23-28-12-10-9-11-13-28)33-32(29)25(3)39-36(40-33)41-35(45)37(4,5)6/h9-17,24,30,38H,7-8,20-23H2,1-6H3,(H,39,40,41,45)/t30-/m0/s1. The van der Waals surface area contributed by atoms with Gasteiger partial charge in [-0.3, -0.25) is 19.7 Å². The molecular weight excluding hydrogens is 594 g/mol. The molecule has 0 bridgehead atoms. The molecule has 4 rings (SSSR count). The van der Waals surface area contributed by atoms with Crippen LogP contribution in [0.1, 0.15) is 75.4 Å². The van der Waals surface area contributed by atoms with Gasteiger partial charge in [-0.2, -0.15) is 4.98 Å². The zero-order valence-electron chi connectivity index (χ0n) is 28.0. The molecule has 4 aromatic rings. The van der Waals surface area contributed by atoms with Crippen LogP contribution in [-0.4, -0.2) is 51.6 Å². The summed E-state index contributed by atoms with van der Waals surface area (Å²) in [5.41, 5.74) is 4.48. The summed E-state index contributed by atoms with van der Waals surface area (Å²) in [6, 6.07) is 17.2. The molecule has 2 aromatic carbocycles. The minimum atomic E-state index is -0.625. The first-order valence-corrected chi connectivity index (χ1v) is 15.9. The number of carbonyl (C=O) groups excluding carboxylic acids is 3. The first-order valence-electron chi connectivity index (χ1n) is 15.9. The molecule has 0 aliphatic heterocycles. The van der Waals surface area contributed by atoms with Gasteiger partial charge in [-0.25, -0.2) is 4.98 Å². The van der Waals surface area contributed by atoms with E-state index >= 15 is 0 Å². The van der Waals surface area contributed by atoms with Crippen LogP contribution in [0.15, 0.2) is 60.8 Å². The molecule has 10 nitrogen and oxygen atoms in total. The van der Waals surface area contributed by atoms with Crippen molar-refractivity contribution in [2.45, 2.75) is 73.5 Å². The van der Waals surface area contributed by atoms with Gasteiger partial charge in [0.1, 0.15) is 11.7 Å². The van der Waals surface area contributed by atoms with Crippen LogP contribution >= 0.6 is 0 Å². The van der Waals surface area contributed by atoms with Crippen molar-refractivity contribution in [1.82, 2.24) is 19.9 Å². The maximum atomic E-state index is 12.7. The quantitative estimate of drug-likeness (QED) is 0.153. The Morgan fingerprint density at radius 1 is 0.915 bits per heavy atom. The molecule has 0 aliphatic rings. The number of benzene rings is 2. The molecule has 0 radical (unpaired) electrons. The lowest BCUT2D eigenvalue weighted by Gasteiger charge is -2.17. The molecule has 0 spiro atoms. The fraction of sp³-hybridized carbons (Fsp3) is 0.378. The number of fused-ring (bicyclic) bond motifs is 1. The molecule has 2 heterocycles. The highest BCUT2D eigenvalue weighted by Gasteiger charge is 2.24. The number of nitrogens with zero attached hydrogens (tertiary/aromatic N) is 3. The number of hydrogen-bond acceptors (Lipinski definition) is 8. The van der Waals surface area contributed by atoms with Crippen LogP contribution in [0.25, 0.3) is 11.0 Å². The van der Waals surface area contributed by atoms with E-state index in [9.17, 15) is 14.4 Å². The van der Waals surface area contributed by atoms with Gasteiger partial charge in [0.15, 0.2) is 0 Å². The van der Waals surface area contributed by atoms with Crippen LogP contribution < -0.4 is 10.6 Å². The smallest absolute Gasteiger partial charge is 0.323 e. The van der Waals surface area contributed by atoms with Crippen LogP contribution in [0.3, 0.4) is 0 Å². The monoisotopic (exact) mass is 637 g/mol. The summed E-state index contributed by atoms with van der Waals surface area (Å²) in [4.78, 5) is 46.3. The lowest BCUT2D eigenvalue weighted by atomic mass is 9.96. The molecule has 2 N–H and O–H groups in total. The summed E-state index contributed by atoms with van der Waals surface area (Å²) < 4.78 is 12.2. The molecule has 0 saturated heterocycles. The lowest BCUT2D eigenvalue weighted by Crippen LogP contribution is -2.38. The van der Waals surface area contributed by atoms with E-state index in [1.54, 1.807) is 13.8 Å². The maximum Gasteiger partial charge on any atom is 0.323 e.